The second-order valence-corrected chi connectivity index (χ2v) is 5.60. The van der Waals surface area contributed by atoms with E-state index in [4.69, 9.17) is 25.5 Å². The summed E-state index contributed by atoms with van der Waals surface area (Å²) in [4.78, 5) is 24.0. The number of carbonyl (C=O) groups is 2. The Morgan fingerprint density at radius 1 is 1.21 bits per heavy atom. The molecule has 0 aliphatic rings. The van der Waals surface area contributed by atoms with Gasteiger partial charge in [0.1, 0.15) is 22.8 Å². The van der Waals surface area contributed by atoms with E-state index in [0.29, 0.717) is 39.1 Å². The van der Waals surface area contributed by atoms with Crippen LogP contribution >= 0.6 is 11.6 Å². The molecule has 0 aliphatic carbocycles. The SMILES string of the molecule is COc1ccc(NC(=O)COC(=O)c2c(C)oc(C)c2C)cc1Cl. The Kier molecular flexibility index (Phi) is 5.51. The van der Waals surface area contributed by atoms with E-state index in [-0.39, 0.29) is 0 Å². The molecule has 7 heteroatoms. The van der Waals surface area contributed by atoms with Crippen molar-refractivity contribution in [3.05, 3.63) is 45.9 Å². The predicted molar refractivity (Wildman–Crippen MR) is 89.8 cm³/mol. The Balaban J connectivity index is 1.96. The van der Waals surface area contributed by atoms with E-state index in [1.165, 1.54) is 7.11 Å². The number of furan rings is 1. The molecule has 0 fully saturated rings. The minimum atomic E-state index is -0.593. The standard InChI is InChI=1S/C17H18ClNO5/c1-9-10(2)24-11(3)16(9)17(21)23-8-15(20)19-12-5-6-14(22-4)13(18)7-12/h5-7H,8H2,1-4H3,(H,19,20). The van der Waals surface area contributed by atoms with Gasteiger partial charge in [0.2, 0.25) is 0 Å². The lowest BCUT2D eigenvalue weighted by atomic mass is 10.1. The summed E-state index contributed by atoms with van der Waals surface area (Å²) in [7, 11) is 1.50. The van der Waals surface area contributed by atoms with Crippen LogP contribution in [0.1, 0.15) is 27.4 Å². The molecule has 0 radical (unpaired) electrons. The molecule has 0 saturated heterocycles. The highest BCUT2D eigenvalue weighted by Crippen LogP contribution is 2.27. The van der Waals surface area contributed by atoms with Crippen molar-refractivity contribution < 1.29 is 23.5 Å². The summed E-state index contributed by atoms with van der Waals surface area (Å²) in [6.07, 6.45) is 0. The third-order valence-electron chi connectivity index (χ3n) is 3.54. The molecule has 6 nitrogen and oxygen atoms in total. The van der Waals surface area contributed by atoms with Crippen LogP contribution in [0.5, 0.6) is 5.75 Å². The average Bonchev–Trinajstić information content (AvgIpc) is 2.78. The number of ether oxygens (including phenoxy) is 2. The molecule has 1 amide bonds. The number of hydrogen-bond acceptors (Lipinski definition) is 5. The first-order valence-electron chi connectivity index (χ1n) is 7.20. The highest BCUT2D eigenvalue weighted by Gasteiger charge is 2.20. The monoisotopic (exact) mass is 351 g/mol. The minimum absolute atomic E-state index is 0.354. The first-order valence-corrected chi connectivity index (χ1v) is 7.58. The van der Waals surface area contributed by atoms with Crippen molar-refractivity contribution in [2.24, 2.45) is 0 Å². The number of methoxy groups -OCH3 is 1. The third kappa shape index (κ3) is 3.89. The van der Waals surface area contributed by atoms with Crippen molar-refractivity contribution in [3.63, 3.8) is 0 Å². The van der Waals surface area contributed by atoms with Gasteiger partial charge >= 0.3 is 5.97 Å². The first kappa shape index (κ1) is 17.9. The van der Waals surface area contributed by atoms with Gasteiger partial charge in [-0.15, -0.1) is 0 Å². The fraction of sp³-hybridized carbons (Fsp3) is 0.294. The molecule has 0 unspecified atom stereocenters. The fourth-order valence-electron chi connectivity index (χ4n) is 2.24. The maximum atomic E-state index is 12.1. The summed E-state index contributed by atoms with van der Waals surface area (Å²) in [5, 5.41) is 2.96. The second kappa shape index (κ2) is 7.40. The Morgan fingerprint density at radius 3 is 2.46 bits per heavy atom. The van der Waals surface area contributed by atoms with E-state index < -0.39 is 18.5 Å². The van der Waals surface area contributed by atoms with Crippen LogP contribution in [0.15, 0.2) is 22.6 Å². The molecule has 1 aromatic heterocycles. The number of hydrogen-bond donors (Lipinski definition) is 1. The molecular formula is C17H18ClNO5. The molecule has 24 heavy (non-hydrogen) atoms. The van der Waals surface area contributed by atoms with Gasteiger partial charge in [0.25, 0.3) is 5.91 Å². The summed E-state index contributed by atoms with van der Waals surface area (Å²) in [5.74, 6) is 0.557. The average molecular weight is 352 g/mol. The molecule has 0 saturated carbocycles. The van der Waals surface area contributed by atoms with Gasteiger partial charge < -0.3 is 19.2 Å². The lowest BCUT2D eigenvalue weighted by Crippen LogP contribution is -2.21. The van der Waals surface area contributed by atoms with Gasteiger partial charge in [0, 0.05) is 11.3 Å². The van der Waals surface area contributed by atoms with Crippen molar-refractivity contribution in [1.29, 1.82) is 0 Å². The minimum Gasteiger partial charge on any atom is -0.495 e. The van der Waals surface area contributed by atoms with Crippen LogP contribution in [-0.2, 0) is 9.53 Å². The number of aryl methyl sites for hydroxylation is 2. The normalized spacial score (nSPS) is 10.4. The smallest absolute Gasteiger partial charge is 0.342 e. The van der Waals surface area contributed by atoms with Crippen molar-refractivity contribution in [2.45, 2.75) is 20.8 Å². The quantitative estimate of drug-likeness (QED) is 0.832. The van der Waals surface area contributed by atoms with E-state index in [9.17, 15) is 9.59 Å². The Hall–Kier alpha value is -2.47. The van der Waals surface area contributed by atoms with Crippen LogP contribution < -0.4 is 10.1 Å². The molecule has 2 aromatic rings. The van der Waals surface area contributed by atoms with E-state index >= 15 is 0 Å². The number of amides is 1. The van der Waals surface area contributed by atoms with Gasteiger partial charge in [-0.1, -0.05) is 11.6 Å². The number of halogens is 1. The van der Waals surface area contributed by atoms with Gasteiger partial charge in [0.05, 0.1) is 12.1 Å². The van der Waals surface area contributed by atoms with Crippen LogP contribution in [-0.4, -0.2) is 25.6 Å². The lowest BCUT2D eigenvalue weighted by Gasteiger charge is -2.08. The number of benzene rings is 1. The zero-order chi connectivity index (χ0) is 17.9. The van der Waals surface area contributed by atoms with Crippen LogP contribution in [0.4, 0.5) is 5.69 Å². The van der Waals surface area contributed by atoms with E-state index in [0.717, 1.165) is 0 Å². The van der Waals surface area contributed by atoms with Gasteiger partial charge in [0.15, 0.2) is 6.61 Å². The van der Waals surface area contributed by atoms with E-state index in [1.807, 2.05) is 0 Å². The number of nitrogens with one attached hydrogen (secondary N) is 1. The van der Waals surface area contributed by atoms with Crippen LogP contribution in [0, 0.1) is 20.8 Å². The maximum Gasteiger partial charge on any atom is 0.342 e. The zero-order valence-corrected chi connectivity index (χ0v) is 14.6. The molecule has 1 aromatic carbocycles. The third-order valence-corrected chi connectivity index (χ3v) is 3.83. The summed E-state index contributed by atoms with van der Waals surface area (Å²) in [6.45, 7) is 4.79. The summed E-state index contributed by atoms with van der Waals surface area (Å²) >= 11 is 5.99. The molecule has 128 valence electrons. The molecule has 1 N–H and O–H groups in total. The number of carbonyl (C=O) groups excluding carboxylic acids is 2. The van der Waals surface area contributed by atoms with Crippen LogP contribution in [0.3, 0.4) is 0 Å². The highest BCUT2D eigenvalue weighted by atomic mass is 35.5. The van der Waals surface area contributed by atoms with Crippen molar-refractivity contribution in [2.75, 3.05) is 19.0 Å². The van der Waals surface area contributed by atoms with Crippen molar-refractivity contribution in [3.8, 4) is 5.75 Å². The molecule has 0 atom stereocenters. The topological polar surface area (TPSA) is 77.8 Å². The lowest BCUT2D eigenvalue weighted by molar-refractivity contribution is -0.119. The largest absolute Gasteiger partial charge is 0.495 e. The van der Waals surface area contributed by atoms with Crippen molar-refractivity contribution >= 4 is 29.2 Å². The molecule has 0 spiro atoms. The molecule has 0 aliphatic heterocycles. The molecule has 2 rings (SSSR count). The van der Waals surface area contributed by atoms with Gasteiger partial charge in [-0.3, -0.25) is 4.79 Å². The molecule has 1 heterocycles. The van der Waals surface area contributed by atoms with E-state index in [1.54, 1.807) is 39.0 Å². The predicted octanol–water partition coefficient (Wildman–Crippen LogP) is 3.66. The van der Waals surface area contributed by atoms with Gasteiger partial charge in [-0.25, -0.2) is 4.79 Å². The highest BCUT2D eigenvalue weighted by molar-refractivity contribution is 6.32. The molecular weight excluding hydrogens is 334 g/mol. The van der Waals surface area contributed by atoms with Gasteiger partial charge in [-0.2, -0.15) is 0 Å². The van der Waals surface area contributed by atoms with Gasteiger partial charge in [-0.05, 0) is 39.0 Å². The number of esters is 1. The molecule has 0 bridgehead atoms. The maximum absolute atomic E-state index is 12.1. The zero-order valence-electron chi connectivity index (χ0n) is 13.9. The van der Waals surface area contributed by atoms with E-state index in [2.05, 4.69) is 5.32 Å². The number of rotatable bonds is 5. The second-order valence-electron chi connectivity index (χ2n) is 5.19. The Bertz CT molecular complexity index is 782. The fourth-order valence-corrected chi connectivity index (χ4v) is 2.50. The summed E-state index contributed by atoms with van der Waals surface area (Å²) < 4.78 is 15.5. The first-order chi connectivity index (χ1) is 11.3. The Labute approximate surface area is 144 Å². The van der Waals surface area contributed by atoms with Crippen LogP contribution in [0.2, 0.25) is 5.02 Å². The van der Waals surface area contributed by atoms with Crippen molar-refractivity contribution in [1.82, 2.24) is 0 Å². The summed E-state index contributed by atoms with van der Waals surface area (Å²) in [5.41, 5.74) is 1.54. The summed E-state index contributed by atoms with van der Waals surface area (Å²) in [6, 6.07) is 4.82. The Morgan fingerprint density at radius 2 is 1.92 bits per heavy atom. The van der Waals surface area contributed by atoms with Crippen LogP contribution in [0.25, 0.3) is 0 Å². The number of anilines is 1.